The molecule has 0 radical (unpaired) electrons. The fourth-order valence-corrected chi connectivity index (χ4v) is 3.47. The van der Waals surface area contributed by atoms with Crippen LogP contribution in [-0.4, -0.2) is 0 Å². The Morgan fingerprint density at radius 1 is 0.767 bits per heavy atom. The Labute approximate surface area is 188 Å². The lowest BCUT2D eigenvalue weighted by atomic mass is 10.1. The van der Waals surface area contributed by atoms with E-state index in [4.69, 9.17) is 4.42 Å². The number of allylic oxidation sites excluding steroid dienone is 4. The summed E-state index contributed by atoms with van der Waals surface area (Å²) in [7, 11) is 0. The Bertz CT molecular complexity index is 1220. The van der Waals surface area contributed by atoms with Crippen LogP contribution < -0.4 is 5.43 Å². The zero-order chi connectivity index (χ0) is 19.5. The lowest BCUT2D eigenvalue weighted by molar-refractivity contribution is 0.584. The van der Waals surface area contributed by atoms with Crippen molar-refractivity contribution in [2.45, 2.75) is 20.3 Å². The molecule has 0 amide bonds. The van der Waals surface area contributed by atoms with Crippen molar-refractivity contribution in [3.63, 3.8) is 0 Å². The largest absolute Gasteiger partial charge is 0.456 e. The first kappa shape index (κ1) is 23.5. The smallest absolute Gasteiger partial charge is 0.193 e. The first-order valence-electron chi connectivity index (χ1n) is 9.47. The summed E-state index contributed by atoms with van der Waals surface area (Å²) in [6.07, 6.45) is 3.01. The number of hydrogen-bond donors (Lipinski definition) is 0. The lowest BCUT2D eigenvalue weighted by Crippen LogP contribution is -2.01. The van der Waals surface area contributed by atoms with Gasteiger partial charge in [-0.05, 0) is 48.7 Å². The molecule has 1 aliphatic rings. The second kappa shape index (κ2) is 10.3. The average Bonchev–Trinajstić information content (AvgIpc) is 3.07. The first-order chi connectivity index (χ1) is 13.6. The molecule has 0 atom stereocenters. The SMILES string of the molecule is CC1=CCC(c2cc(=O)c3ccccc3o2)=C1C.Cl.Cl.c1ccc2ccccc2c1. The molecule has 154 valence electrons. The molecule has 0 saturated heterocycles. The highest BCUT2D eigenvalue weighted by atomic mass is 35.5. The Balaban J connectivity index is 0.000000229. The predicted octanol–water partition coefficient (Wildman–Crippen LogP) is 7.60. The second-order valence-corrected chi connectivity index (χ2v) is 7.01. The molecule has 4 aromatic rings. The quantitative estimate of drug-likeness (QED) is 0.306. The third-order valence-electron chi connectivity index (χ3n) is 5.25. The molecule has 1 heterocycles. The molecule has 0 spiro atoms. The molecule has 2 nitrogen and oxygen atoms in total. The molecule has 0 fully saturated rings. The van der Waals surface area contributed by atoms with Crippen molar-refractivity contribution in [2.75, 3.05) is 0 Å². The number of hydrogen-bond acceptors (Lipinski definition) is 2. The molecule has 0 bridgehead atoms. The van der Waals surface area contributed by atoms with E-state index in [9.17, 15) is 4.79 Å². The van der Waals surface area contributed by atoms with E-state index in [0.29, 0.717) is 16.7 Å². The fourth-order valence-electron chi connectivity index (χ4n) is 3.47. The molecule has 1 aromatic heterocycles. The van der Waals surface area contributed by atoms with Crippen LogP contribution in [-0.2, 0) is 0 Å². The van der Waals surface area contributed by atoms with Crippen LogP contribution in [0.1, 0.15) is 26.0 Å². The van der Waals surface area contributed by atoms with E-state index in [1.54, 1.807) is 12.1 Å². The van der Waals surface area contributed by atoms with Crippen LogP contribution in [0.4, 0.5) is 0 Å². The van der Waals surface area contributed by atoms with E-state index in [2.05, 4.69) is 68.5 Å². The van der Waals surface area contributed by atoms with Crippen molar-refractivity contribution in [2.24, 2.45) is 0 Å². The second-order valence-electron chi connectivity index (χ2n) is 7.01. The van der Waals surface area contributed by atoms with Gasteiger partial charge in [0.2, 0.25) is 0 Å². The highest BCUT2D eigenvalue weighted by molar-refractivity contribution is 5.86. The highest BCUT2D eigenvalue weighted by Crippen LogP contribution is 2.33. The number of fused-ring (bicyclic) bond motifs is 2. The van der Waals surface area contributed by atoms with Gasteiger partial charge in [-0.25, -0.2) is 0 Å². The van der Waals surface area contributed by atoms with Gasteiger partial charge < -0.3 is 4.42 Å². The molecular weight excluding hydrogens is 415 g/mol. The number of benzene rings is 3. The molecule has 5 rings (SSSR count). The van der Waals surface area contributed by atoms with Gasteiger partial charge in [0, 0.05) is 11.6 Å². The molecule has 0 aliphatic heterocycles. The van der Waals surface area contributed by atoms with Gasteiger partial charge in [0.15, 0.2) is 5.43 Å². The minimum absolute atomic E-state index is 0. The van der Waals surface area contributed by atoms with Gasteiger partial charge in [-0.15, -0.1) is 24.8 Å². The monoisotopic (exact) mass is 438 g/mol. The summed E-state index contributed by atoms with van der Waals surface area (Å²) >= 11 is 0. The van der Waals surface area contributed by atoms with E-state index in [0.717, 1.165) is 12.0 Å². The molecular formula is C26H24Cl2O2. The number of halogens is 2. The Morgan fingerprint density at radius 2 is 1.30 bits per heavy atom. The molecule has 30 heavy (non-hydrogen) atoms. The first-order valence-corrected chi connectivity index (χ1v) is 9.47. The van der Waals surface area contributed by atoms with Gasteiger partial charge in [-0.3, -0.25) is 4.79 Å². The van der Waals surface area contributed by atoms with Crippen LogP contribution in [0, 0.1) is 0 Å². The van der Waals surface area contributed by atoms with Crippen molar-refractivity contribution in [1.29, 1.82) is 0 Å². The molecule has 4 heteroatoms. The summed E-state index contributed by atoms with van der Waals surface area (Å²) in [5.41, 5.74) is 4.28. The lowest BCUT2D eigenvalue weighted by Gasteiger charge is -2.05. The van der Waals surface area contributed by atoms with Gasteiger partial charge in [0.1, 0.15) is 11.3 Å². The van der Waals surface area contributed by atoms with Crippen molar-refractivity contribution in [3.8, 4) is 0 Å². The molecule has 3 aromatic carbocycles. The Kier molecular flexibility index (Phi) is 8.05. The normalized spacial score (nSPS) is 12.5. The Morgan fingerprint density at radius 3 is 1.83 bits per heavy atom. The molecule has 0 unspecified atom stereocenters. The molecule has 0 saturated carbocycles. The summed E-state index contributed by atoms with van der Waals surface area (Å²) < 4.78 is 5.85. The number of rotatable bonds is 1. The third kappa shape index (κ3) is 4.84. The highest BCUT2D eigenvalue weighted by Gasteiger charge is 2.15. The van der Waals surface area contributed by atoms with E-state index >= 15 is 0 Å². The van der Waals surface area contributed by atoms with E-state index in [1.807, 2.05) is 18.2 Å². The van der Waals surface area contributed by atoms with Gasteiger partial charge in [0.25, 0.3) is 0 Å². The van der Waals surface area contributed by atoms with E-state index in [-0.39, 0.29) is 30.2 Å². The summed E-state index contributed by atoms with van der Waals surface area (Å²) in [4.78, 5) is 12.0. The summed E-state index contributed by atoms with van der Waals surface area (Å²) in [6.45, 7) is 4.16. The maximum absolute atomic E-state index is 12.0. The van der Waals surface area contributed by atoms with Gasteiger partial charge in [-0.2, -0.15) is 0 Å². The minimum Gasteiger partial charge on any atom is -0.456 e. The van der Waals surface area contributed by atoms with Crippen molar-refractivity contribution in [1.82, 2.24) is 0 Å². The third-order valence-corrected chi connectivity index (χ3v) is 5.25. The maximum atomic E-state index is 12.0. The number of para-hydroxylation sites is 1. The summed E-state index contributed by atoms with van der Waals surface area (Å²) in [6, 6.07) is 25.7. The summed E-state index contributed by atoms with van der Waals surface area (Å²) in [5, 5.41) is 3.26. The van der Waals surface area contributed by atoms with Crippen molar-refractivity contribution < 1.29 is 4.42 Å². The van der Waals surface area contributed by atoms with Crippen LogP contribution in [0.5, 0.6) is 0 Å². The van der Waals surface area contributed by atoms with E-state index in [1.165, 1.54) is 21.9 Å². The molecule has 1 aliphatic carbocycles. The Hall–Kier alpha value is -2.81. The fraction of sp³-hybridized carbons (Fsp3) is 0.115. The molecule has 0 N–H and O–H groups in total. The van der Waals surface area contributed by atoms with Gasteiger partial charge in [-0.1, -0.05) is 72.3 Å². The standard InChI is InChI=1S/C16H14O2.C10H8.2ClH/c1-10-7-8-12(11(10)2)16-9-14(17)13-5-3-4-6-15(13)18-16;1-2-6-10-8-4-3-7-9(10)5-1;;/h3-7,9H,8H2,1-2H3;1-8H;2*1H. The maximum Gasteiger partial charge on any atom is 0.193 e. The topological polar surface area (TPSA) is 30.2 Å². The van der Waals surface area contributed by atoms with E-state index < -0.39 is 0 Å². The summed E-state index contributed by atoms with van der Waals surface area (Å²) in [5.74, 6) is 0.698. The van der Waals surface area contributed by atoms with Crippen LogP contribution >= 0.6 is 24.8 Å². The van der Waals surface area contributed by atoms with Crippen LogP contribution in [0.3, 0.4) is 0 Å². The van der Waals surface area contributed by atoms with Crippen LogP contribution in [0.2, 0.25) is 0 Å². The predicted molar refractivity (Wildman–Crippen MR) is 132 cm³/mol. The van der Waals surface area contributed by atoms with Crippen molar-refractivity contribution in [3.05, 3.63) is 112 Å². The zero-order valence-electron chi connectivity index (χ0n) is 16.9. The van der Waals surface area contributed by atoms with Gasteiger partial charge >= 0.3 is 0 Å². The van der Waals surface area contributed by atoms with Crippen LogP contribution in [0.15, 0.2) is 105 Å². The zero-order valence-corrected chi connectivity index (χ0v) is 18.6. The van der Waals surface area contributed by atoms with Crippen molar-refractivity contribution >= 4 is 52.1 Å². The van der Waals surface area contributed by atoms with Crippen LogP contribution in [0.25, 0.3) is 27.3 Å². The minimum atomic E-state index is 0. The average molecular weight is 439 g/mol. The van der Waals surface area contributed by atoms with Gasteiger partial charge in [0.05, 0.1) is 5.39 Å².